The summed E-state index contributed by atoms with van der Waals surface area (Å²) in [6, 6.07) is 48.0. The third-order valence-electron chi connectivity index (χ3n) is 23.2. The molecule has 19 heterocycles. The number of aromatic nitrogens is 20. The van der Waals surface area contributed by atoms with Gasteiger partial charge in [0.15, 0.2) is 0 Å². The van der Waals surface area contributed by atoms with Crippen molar-refractivity contribution in [3.05, 3.63) is 283 Å². The van der Waals surface area contributed by atoms with Crippen molar-refractivity contribution >= 4 is 62.3 Å². The number of ether oxygens (including phenoxy) is 1. The molecule has 4 amide bonds. The van der Waals surface area contributed by atoms with Crippen molar-refractivity contribution in [3.8, 4) is 79.3 Å². The summed E-state index contributed by atoms with van der Waals surface area (Å²) < 4.78 is 13.6. The quantitative estimate of drug-likeness (QED) is 0.0299. The Hall–Kier alpha value is -14.4. The molecule has 19 rings (SSSR count). The molecule has 4 aliphatic heterocycles. The topological polar surface area (TPSA) is 377 Å². The molecule has 4 fully saturated rings. The number of carbonyl (C=O) groups excluding carboxylic acids is 4. The molecule has 0 atom stereocenters. The number of carbonyl (C=O) groups is 4. The van der Waals surface area contributed by atoms with E-state index in [1.54, 1.807) is 98.4 Å². The largest absolute Gasteiger partial charge is 0.379 e. The Labute approximate surface area is 790 Å². The van der Waals surface area contributed by atoms with E-state index in [4.69, 9.17) is 25.1 Å². The van der Waals surface area contributed by atoms with Gasteiger partial charge in [-0.05, 0) is 171 Å². The molecule has 135 heavy (non-hydrogen) atoms. The van der Waals surface area contributed by atoms with E-state index in [9.17, 15) is 19.2 Å². The first-order valence-corrected chi connectivity index (χ1v) is 45.8. The number of halogens is 1. The van der Waals surface area contributed by atoms with Gasteiger partial charge < -0.3 is 40.7 Å². The van der Waals surface area contributed by atoms with E-state index in [2.05, 4.69) is 153 Å². The molecule has 4 aliphatic rings. The maximum Gasteiger partial charge on any atom is 0.274 e. The van der Waals surface area contributed by atoms with Crippen molar-refractivity contribution in [3.63, 3.8) is 0 Å². The number of anilines is 4. The van der Waals surface area contributed by atoms with Gasteiger partial charge >= 0.3 is 0 Å². The molecule has 0 saturated carbocycles. The van der Waals surface area contributed by atoms with Crippen LogP contribution in [0.15, 0.2) is 249 Å². The molecule has 15 aromatic rings. The van der Waals surface area contributed by atoms with E-state index in [0.717, 1.165) is 178 Å². The lowest BCUT2D eigenvalue weighted by Crippen LogP contribution is -2.45. The molecule has 0 aliphatic carbocycles. The van der Waals surface area contributed by atoms with Gasteiger partial charge in [0.1, 0.15) is 50.2 Å². The van der Waals surface area contributed by atoms with Gasteiger partial charge in [0.05, 0.1) is 108 Å². The number of hydrogen-bond acceptors (Lipinski definition) is 27. The third kappa shape index (κ3) is 26.3. The number of piperazine rings is 3. The van der Waals surface area contributed by atoms with E-state index in [1.807, 2.05) is 179 Å². The smallest absolute Gasteiger partial charge is 0.274 e. The second kappa shape index (κ2) is 46.3. The summed E-state index contributed by atoms with van der Waals surface area (Å²) in [4.78, 5) is 113. The molecule has 0 unspecified atom stereocenters. The van der Waals surface area contributed by atoms with Crippen molar-refractivity contribution in [1.29, 1.82) is 0 Å². The molecule has 0 radical (unpaired) electrons. The predicted octanol–water partition coefficient (Wildman–Crippen LogP) is 11.3. The highest BCUT2D eigenvalue weighted by molar-refractivity contribution is 9.10. The fraction of sp³-hybridized carbons (Fsp3) is 0.296. The lowest BCUT2D eigenvalue weighted by molar-refractivity contribution is 0.0360. The number of rotatable bonds is 27. The van der Waals surface area contributed by atoms with Crippen LogP contribution in [-0.2, 0) is 30.9 Å². The average molecular weight is 1880 g/mol. The Bertz CT molecular complexity index is 6390. The van der Waals surface area contributed by atoms with Crippen LogP contribution >= 0.6 is 15.9 Å². The van der Waals surface area contributed by atoms with Crippen LogP contribution < -0.4 is 21.3 Å². The summed E-state index contributed by atoms with van der Waals surface area (Å²) >= 11 is 3.31. The van der Waals surface area contributed by atoms with E-state index < -0.39 is 0 Å². The van der Waals surface area contributed by atoms with Gasteiger partial charge in [-0.25, -0.2) is 19.9 Å². The standard InChI is InChI=1S/C27H30N8O.C26H27N7O2.C24H27N9O.C21H24BrN7O/c1-20-16-21(18-28-17-20)22-7-5-8-24(30-22)27(36)31-25-19-35(15-14-34-12-10-33(2)11-13-34)32-26(25)23-6-3-4-9-29-23;1-19-15-20(17-27-16-19)21-6-4-7-23(29-21)26(34)30-24-18-33(10-9-32-11-13-35-14-12-32)31-25(24)22-5-2-3-8-28-22;1-31-9-11-32(12-10-31)13-14-33-17-22(23(30-33)20-5-2-3-8-25-20)29-24(34)21-7-4-6-19(28-21)18-15-26-27-16-18;1-27-9-11-28(12-10-27)13-14-29-15-18(20(26-29)16-5-2-3-8-23-16)25-21(30)17-6-4-7-19(22)24-17/h3-9,16-19H,10-15H2,1-2H3,(H,31,36);2-8,15-18H,9-14H2,1H3,(H,30,34);2-8,15-17H,9-14H2,1H3,(H,26,27)(H,29,34);2-8,15H,9-14H2,1H3,(H,25,30). The SMILES string of the molecule is CN1CCN(CCn2cc(NC(=O)c3cccc(-c4cn[nH]c4)n3)c(-c3ccccn3)n2)CC1.CN1CCN(CCn2cc(NC(=O)c3cccc(Br)n3)c(-c3ccccn3)n2)CC1.Cc1cncc(-c2cccc(C(=O)Nc3cn(CCN4CCN(C)CC4)nc3-c3ccccn3)n2)c1.Cc1cncc(-c2cccc(C(=O)Nc3cn(CCN4CCOCC4)nc3-c3ccccn3)n2)c1. The Kier molecular flexibility index (Phi) is 32.2. The number of nitrogens with one attached hydrogen (secondary N) is 5. The number of morpholine rings is 1. The highest BCUT2D eigenvalue weighted by Crippen LogP contribution is 2.32. The number of aromatic amines is 1. The fourth-order valence-corrected chi connectivity index (χ4v) is 15.9. The van der Waals surface area contributed by atoms with Crippen LogP contribution in [0.25, 0.3) is 79.3 Å². The second-order valence-corrected chi connectivity index (χ2v) is 34.1. The van der Waals surface area contributed by atoms with Crippen molar-refractivity contribution in [2.75, 3.05) is 173 Å². The van der Waals surface area contributed by atoms with Gasteiger partial charge in [0, 0.05) is 215 Å². The van der Waals surface area contributed by atoms with Crippen molar-refractivity contribution in [2.24, 2.45) is 0 Å². The highest BCUT2D eigenvalue weighted by Gasteiger charge is 2.26. The zero-order valence-electron chi connectivity index (χ0n) is 76.1. The van der Waals surface area contributed by atoms with Crippen LogP contribution in [0.5, 0.6) is 0 Å². The molecule has 0 spiro atoms. The third-order valence-corrected chi connectivity index (χ3v) is 23.6. The molecule has 0 aromatic carbocycles. The second-order valence-electron chi connectivity index (χ2n) is 33.2. The molecular weight excluding hydrogens is 1770 g/mol. The van der Waals surface area contributed by atoms with Crippen LogP contribution in [0.4, 0.5) is 22.7 Å². The van der Waals surface area contributed by atoms with Crippen LogP contribution in [0.1, 0.15) is 53.1 Å². The molecule has 37 heteroatoms. The van der Waals surface area contributed by atoms with Gasteiger partial charge in [0.2, 0.25) is 0 Å². The monoisotopic (exact) mass is 1880 g/mol. The van der Waals surface area contributed by atoms with Crippen molar-refractivity contribution < 1.29 is 23.9 Å². The zero-order chi connectivity index (χ0) is 93.2. The van der Waals surface area contributed by atoms with Crippen molar-refractivity contribution in [1.82, 2.24) is 133 Å². The van der Waals surface area contributed by atoms with Crippen LogP contribution in [0.2, 0.25) is 0 Å². The summed E-state index contributed by atoms with van der Waals surface area (Å²) in [6.07, 6.45) is 24.9. The summed E-state index contributed by atoms with van der Waals surface area (Å²) in [5.74, 6) is -1.20. The molecule has 5 N–H and O–H groups in total. The maximum absolute atomic E-state index is 13.2. The lowest BCUT2D eigenvalue weighted by atomic mass is 10.1. The Morgan fingerprint density at radius 1 is 0.341 bits per heavy atom. The maximum atomic E-state index is 13.2. The van der Waals surface area contributed by atoms with Gasteiger partial charge in [-0.1, -0.05) is 48.5 Å². The first kappa shape index (κ1) is 93.8. The molecule has 0 bridgehead atoms. The van der Waals surface area contributed by atoms with E-state index in [1.165, 1.54) is 0 Å². The number of H-pyrrole nitrogens is 1. The summed E-state index contributed by atoms with van der Waals surface area (Å²) in [5.41, 5.74) is 15.8. The first-order chi connectivity index (χ1) is 65.9. The molecule has 15 aromatic heterocycles. The zero-order valence-corrected chi connectivity index (χ0v) is 77.7. The minimum absolute atomic E-state index is 0.285. The van der Waals surface area contributed by atoms with Gasteiger partial charge in [-0.15, -0.1) is 0 Å². The number of likely N-dealkylation sites (N-methyl/N-ethyl adjacent to an activating group) is 3. The molecule has 4 saturated heterocycles. The Morgan fingerprint density at radius 2 is 0.644 bits per heavy atom. The highest BCUT2D eigenvalue weighted by atomic mass is 79.9. The van der Waals surface area contributed by atoms with Crippen LogP contribution in [0, 0.1) is 13.8 Å². The molecule has 692 valence electrons. The average Bonchev–Trinajstić information content (AvgIpc) is 1.70. The predicted molar refractivity (Wildman–Crippen MR) is 521 cm³/mol. The van der Waals surface area contributed by atoms with Crippen LogP contribution in [0.3, 0.4) is 0 Å². The molecule has 36 nitrogen and oxygen atoms in total. The normalized spacial score (nSPS) is 14.7. The fourth-order valence-electron chi connectivity index (χ4n) is 15.5. The van der Waals surface area contributed by atoms with E-state index in [-0.39, 0.29) is 23.6 Å². The number of aryl methyl sites for hydroxylation is 2. The summed E-state index contributed by atoms with van der Waals surface area (Å²) in [6.45, 7) is 26.5. The number of amides is 4. The van der Waals surface area contributed by atoms with Crippen LogP contribution in [-0.4, -0.2) is 309 Å². The summed E-state index contributed by atoms with van der Waals surface area (Å²) in [7, 11) is 6.46. The number of pyridine rings is 10. The number of hydrogen-bond donors (Lipinski definition) is 5. The summed E-state index contributed by atoms with van der Waals surface area (Å²) in [5, 5.41) is 37.7. The molecular formula is C98H108BrN31O5. The van der Waals surface area contributed by atoms with Gasteiger partial charge in [-0.2, -0.15) is 25.5 Å². The van der Waals surface area contributed by atoms with Gasteiger partial charge in [-0.3, -0.25) is 92.5 Å². The Balaban J connectivity index is 0.000000131. The van der Waals surface area contributed by atoms with Gasteiger partial charge in [0.25, 0.3) is 23.6 Å². The van der Waals surface area contributed by atoms with E-state index >= 15 is 0 Å². The minimum atomic E-state index is -0.308. The lowest BCUT2D eigenvalue weighted by Gasteiger charge is -2.32. The first-order valence-electron chi connectivity index (χ1n) is 45.1. The Morgan fingerprint density at radius 3 is 0.941 bits per heavy atom. The van der Waals surface area contributed by atoms with E-state index in [0.29, 0.717) is 119 Å². The van der Waals surface area contributed by atoms with Crippen molar-refractivity contribution in [2.45, 2.75) is 40.0 Å². The minimum Gasteiger partial charge on any atom is -0.379 e. The number of nitrogens with zero attached hydrogens (tertiary/aromatic N) is 26.